The van der Waals surface area contributed by atoms with Gasteiger partial charge in [-0.15, -0.1) is 0 Å². The summed E-state index contributed by atoms with van der Waals surface area (Å²) >= 11 is 0. The Hall–Kier alpha value is -1.39. The molecule has 1 aromatic rings. The number of carbonyl (C=O) groups excluding carboxylic acids is 1. The number of hydrogen-bond acceptors (Lipinski definition) is 4. The number of esters is 1. The summed E-state index contributed by atoms with van der Waals surface area (Å²) in [6.45, 7) is 5.50. The molecule has 0 bridgehead atoms. The smallest absolute Gasteiger partial charge is 0.320 e. The maximum atomic E-state index is 11.7. The summed E-state index contributed by atoms with van der Waals surface area (Å²) in [6, 6.07) is 10.6. The standard InChI is InChI=1S/C15H22N2O2/c1-3-19-15(18)12-17-10-9-16(2)11-14(17)13-7-5-4-6-8-13/h4-8,14H,3,9-12H2,1-2H3. The van der Waals surface area contributed by atoms with E-state index in [9.17, 15) is 4.79 Å². The van der Waals surface area contributed by atoms with Crippen LogP contribution in [0.1, 0.15) is 18.5 Å². The summed E-state index contributed by atoms with van der Waals surface area (Å²) < 4.78 is 5.06. The van der Waals surface area contributed by atoms with Crippen LogP contribution in [-0.2, 0) is 9.53 Å². The highest BCUT2D eigenvalue weighted by Gasteiger charge is 2.28. The molecule has 1 saturated heterocycles. The van der Waals surface area contributed by atoms with Crippen LogP contribution >= 0.6 is 0 Å². The van der Waals surface area contributed by atoms with E-state index in [1.54, 1.807) is 0 Å². The first-order chi connectivity index (χ1) is 9.20. The van der Waals surface area contributed by atoms with E-state index in [4.69, 9.17) is 4.74 Å². The van der Waals surface area contributed by atoms with Crippen LogP contribution in [0.5, 0.6) is 0 Å². The predicted molar refractivity (Wildman–Crippen MR) is 74.9 cm³/mol. The van der Waals surface area contributed by atoms with E-state index in [1.165, 1.54) is 5.56 Å². The number of rotatable bonds is 4. The van der Waals surface area contributed by atoms with Crippen LogP contribution in [0.3, 0.4) is 0 Å². The van der Waals surface area contributed by atoms with Gasteiger partial charge in [-0.05, 0) is 19.5 Å². The molecule has 1 atom stereocenters. The molecule has 4 nitrogen and oxygen atoms in total. The Labute approximate surface area is 115 Å². The Balaban J connectivity index is 2.09. The number of hydrogen-bond donors (Lipinski definition) is 0. The minimum atomic E-state index is -0.131. The maximum Gasteiger partial charge on any atom is 0.320 e. The average Bonchev–Trinajstić information content (AvgIpc) is 2.42. The summed E-state index contributed by atoms with van der Waals surface area (Å²) in [5.74, 6) is -0.131. The van der Waals surface area contributed by atoms with Gasteiger partial charge in [0.05, 0.1) is 13.2 Å². The van der Waals surface area contributed by atoms with E-state index in [-0.39, 0.29) is 12.0 Å². The van der Waals surface area contributed by atoms with Crippen LogP contribution in [0.2, 0.25) is 0 Å². The van der Waals surface area contributed by atoms with E-state index in [0.717, 1.165) is 19.6 Å². The number of ether oxygens (including phenoxy) is 1. The first-order valence-corrected chi connectivity index (χ1v) is 6.84. The molecule has 1 heterocycles. The Bertz CT molecular complexity index is 408. The van der Waals surface area contributed by atoms with Gasteiger partial charge in [0.25, 0.3) is 0 Å². The molecule has 1 fully saturated rings. The number of carbonyl (C=O) groups is 1. The lowest BCUT2D eigenvalue weighted by atomic mass is 10.0. The molecule has 1 aliphatic heterocycles. The lowest BCUT2D eigenvalue weighted by Crippen LogP contribution is -2.48. The largest absolute Gasteiger partial charge is 0.465 e. The number of piperazine rings is 1. The third kappa shape index (κ3) is 3.78. The minimum absolute atomic E-state index is 0.131. The summed E-state index contributed by atoms with van der Waals surface area (Å²) in [5.41, 5.74) is 1.26. The molecular formula is C15H22N2O2. The topological polar surface area (TPSA) is 32.8 Å². The van der Waals surface area contributed by atoms with Crippen molar-refractivity contribution in [3.05, 3.63) is 35.9 Å². The number of likely N-dealkylation sites (N-methyl/N-ethyl adjacent to an activating group) is 1. The second-order valence-electron chi connectivity index (χ2n) is 4.96. The van der Waals surface area contributed by atoms with Crippen molar-refractivity contribution in [3.8, 4) is 0 Å². The van der Waals surface area contributed by atoms with Crippen molar-refractivity contribution in [2.75, 3.05) is 39.8 Å². The fraction of sp³-hybridized carbons (Fsp3) is 0.533. The van der Waals surface area contributed by atoms with E-state index < -0.39 is 0 Å². The summed E-state index contributed by atoms with van der Waals surface area (Å²) in [6.07, 6.45) is 0. The van der Waals surface area contributed by atoms with Crippen molar-refractivity contribution in [3.63, 3.8) is 0 Å². The monoisotopic (exact) mass is 262 g/mol. The molecule has 0 saturated carbocycles. The zero-order chi connectivity index (χ0) is 13.7. The van der Waals surface area contributed by atoms with Gasteiger partial charge in [0, 0.05) is 25.7 Å². The molecule has 4 heteroatoms. The molecule has 104 valence electrons. The van der Waals surface area contributed by atoms with Crippen molar-refractivity contribution in [2.45, 2.75) is 13.0 Å². The minimum Gasteiger partial charge on any atom is -0.465 e. The van der Waals surface area contributed by atoms with Gasteiger partial charge in [-0.2, -0.15) is 0 Å². The van der Waals surface area contributed by atoms with E-state index >= 15 is 0 Å². The van der Waals surface area contributed by atoms with Crippen molar-refractivity contribution < 1.29 is 9.53 Å². The molecule has 0 aliphatic carbocycles. The second kappa shape index (κ2) is 6.68. The van der Waals surface area contributed by atoms with Gasteiger partial charge < -0.3 is 9.64 Å². The van der Waals surface area contributed by atoms with Crippen LogP contribution in [0.4, 0.5) is 0 Å². The van der Waals surface area contributed by atoms with Crippen LogP contribution in [0, 0.1) is 0 Å². The molecule has 0 radical (unpaired) electrons. The van der Waals surface area contributed by atoms with Crippen molar-refractivity contribution in [1.82, 2.24) is 9.80 Å². The second-order valence-corrected chi connectivity index (χ2v) is 4.96. The van der Waals surface area contributed by atoms with Crippen LogP contribution in [0.15, 0.2) is 30.3 Å². The number of nitrogens with zero attached hydrogens (tertiary/aromatic N) is 2. The maximum absolute atomic E-state index is 11.7. The molecule has 0 aromatic heterocycles. The average molecular weight is 262 g/mol. The Morgan fingerprint density at radius 2 is 2.05 bits per heavy atom. The van der Waals surface area contributed by atoms with Crippen molar-refractivity contribution in [2.24, 2.45) is 0 Å². The van der Waals surface area contributed by atoms with Crippen molar-refractivity contribution in [1.29, 1.82) is 0 Å². The Morgan fingerprint density at radius 3 is 2.74 bits per heavy atom. The van der Waals surface area contributed by atoms with Crippen LogP contribution in [-0.4, -0.2) is 55.6 Å². The normalized spacial score (nSPS) is 21.3. The van der Waals surface area contributed by atoms with E-state index in [1.807, 2.05) is 25.1 Å². The first kappa shape index (κ1) is 14.0. The number of benzene rings is 1. The summed E-state index contributed by atoms with van der Waals surface area (Å²) in [7, 11) is 2.12. The van der Waals surface area contributed by atoms with E-state index in [0.29, 0.717) is 13.2 Å². The van der Waals surface area contributed by atoms with Gasteiger partial charge in [-0.1, -0.05) is 30.3 Å². The fourth-order valence-corrected chi connectivity index (χ4v) is 2.51. The summed E-state index contributed by atoms with van der Waals surface area (Å²) in [4.78, 5) is 16.2. The third-order valence-electron chi connectivity index (χ3n) is 3.52. The lowest BCUT2D eigenvalue weighted by molar-refractivity contribution is -0.145. The highest BCUT2D eigenvalue weighted by Crippen LogP contribution is 2.24. The highest BCUT2D eigenvalue weighted by atomic mass is 16.5. The SMILES string of the molecule is CCOC(=O)CN1CCN(C)CC1c1ccccc1. The van der Waals surface area contributed by atoms with Gasteiger partial charge in [0.2, 0.25) is 0 Å². The Kier molecular flexibility index (Phi) is 4.93. The molecule has 0 N–H and O–H groups in total. The highest BCUT2D eigenvalue weighted by molar-refractivity contribution is 5.71. The third-order valence-corrected chi connectivity index (χ3v) is 3.52. The summed E-state index contributed by atoms with van der Waals surface area (Å²) in [5, 5.41) is 0. The molecule has 0 spiro atoms. The molecule has 19 heavy (non-hydrogen) atoms. The predicted octanol–water partition coefficient (Wildman–Crippen LogP) is 1.54. The zero-order valence-corrected chi connectivity index (χ0v) is 11.7. The van der Waals surface area contributed by atoms with Gasteiger partial charge in [-0.25, -0.2) is 0 Å². The van der Waals surface area contributed by atoms with Gasteiger partial charge in [0.15, 0.2) is 0 Å². The van der Waals surface area contributed by atoms with Gasteiger partial charge in [-0.3, -0.25) is 9.69 Å². The molecule has 1 aromatic carbocycles. The molecule has 2 rings (SSSR count). The Morgan fingerprint density at radius 1 is 1.32 bits per heavy atom. The molecule has 1 unspecified atom stereocenters. The van der Waals surface area contributed by atoms with Crippen LogP contribution < -0.4 is 0 Å². The first-order valence-electron chi connectivity index (χ1n) is 6.84. The fourth-order valence-electron chi connectivity index (χ4n) is 2.51. The van der Waals surface area contributed by atoms with E-state index in [2.05, 4.69) is 29.0 Å². The lowest BCUT2D eigenvalue weighted by Gasteiger charge is -2.39. The van der Waals surface area contributed by atoms with Crippen LogP contribution in [0.25, 0.3) is 0 Å². The zero-order valence-electron chi connectivity index (χ0n) is 11.7. The molecule has 0 amide bonds. The van der Waals surface area contributed by atoms with Gasteiger partial charge >= 0.3 is 5.97 Å². The van der Waals surface area contributed by atoms with Crippen molar-refractivity contribution >= 4 is 5.97 Å². The quantitative estimate of drug-likeness (QED) is 0.771. The molecular weight excluding hydrogens is 240 g/mol. The van der Waals surface area contributed by atoms with Gasteiger partial charge in [0.1, 0.15) is 0 Å². The molecule has 1 aliphatic rings.